The van der Waals surface area contributed by atoms with Crippen molar-refractivity contribution < 1.29 is 4.79 Å². The largest absolute Gasteiger partial charge is 0.322 e. The second kappa shape index (κ2) is 6.34. The van der Waals surface area contributed by atoms with Crippen molar-refractivity contribution in [2.45, 2.75) is 20.8 Å². The van der Waals surface area contributed by atoms with Crippen LogP contribution in [0.15, 0.2) is 42.5 Å². The van der Waals surface area contributed by atoms with Gasteiger partial charge in [-0.05, 0) is 44.0 Å². The van der Waals surface area contributed by atoms with E-state index in [9.17, 15) is 4.79 Å². The molecular formula is C19H17N5OS. The zero-order chi connectivity index (χ0) is 18.3. The van der Waals surface area contributed by atoms with Crippen LogP contribution in [0.5, 0.6) is 0 Å². The third-order valence-electron chi connectivity index (χ3n) is 4.27. The number of hydrogen-bond acceptors (Lipinski definition) is 5. The van der Waals surface area contributed by atoms with Gasteiger partial charge in [-0.25, -0.2) is 0 Å². The van der Waals surface area contributed by atoms with Gasteiger partial charge in [0, 0.05) is 16.8 Å². The van der Waals surface area contributed by atoms with Crippen molar-refractivity contribution in [1.82, 2.24) is 19.8 Å². The standard InChI is InChI=1S/C19H17N5OS/c1-11-6-4-5-7-15(11)17(25)20-16-10-14(9-8-12(16)2)18-23-24-13(3)21-22-19(24)26-18/h4-10H,1-3H3,(H,20,25). The monoisotopic (exact) mass is 363 g/mol. The van der Waals surface area contributed by atoms with Crippen molar-refractivity contribution >= 4 is 27.9 Å². The Morgan fingerprint density at radius 1 is 1.04 bits per heavy atom. The number of fused-ring (bicyclic) bond motifs is 1. The lowest BCUT2D eigenvalue weighted by Crippen LogP contribution is -2.14. The molecule has 0 radical (unpaired) electrons. The van der Waals surface area contributed by atoms with E-state index in [4.69, 9.17) is 0 Å². The first-order chi connectivity index (χ1) is 12.5. The molecule has 130 valence electrons. The van der Waals surface area contributed by atoms with Gasteiger partial charge in [0.25, 0.3) is 5.91 Å². The van der Waals surface area contributed by atoms with Gasteiger partial charge in [-0.3, -0.25) is 4.79 Å². The van der Waals surface area contributed by atoms with Crippen LogP contribution in [-0.2, 0) is 0 Å². The fraction of sp³-hybridized carbons (Fsp3) is 0.158. The first kappa shape index (κ1) is 16.4. The van der Waals surface area contributed by atoms with Crippen LogP contribution in [0.2, 0.25) is 0 Å². The Bertz CT molecular complexity index is 1130. The van der Waals surface area contributed by atoms with E-state index in [2.05, 4.69) is 20.6 Å². The molecule has 2 aromatic heterocycles. The maximum absolute atomic E-state index is 12.6. The molecule has 0 saturated carbocycles. The number of carbonyl (C=O) groups is 1. The van der Waals surface area contributed by atoms with Crippen LogP contribution in [0.3, 0.4) is 0 Å². The summed E-state index contributed by atoms with van der Waals surface area (Å²) in [6.45, 7) is 5.77. The Morgan fingerprint density at radius 2 is 1.85 bits per heavy atom. The number of carbonyl (C=O) groups excluding carboxylic acids is 1. The SMILES string of the molecule is Cc1ccc(-c2nn3c(C)nnc3s2)cc1NC(=O)c1ccccc1C. The minimum Gasteiger partial charge on any atom is -0.322 e. The van der Waals surface area contributed by atoms with Crippen molar-refractivity contribution in [2.75, 3.05) is 5.32 Å². The highest BCUT2D eigenvalue weighted by Gasteiger charge is 2.14. The average Bonchev–Trinajstić information content (AvgIpc) is 3.19. The molecule has 2 aromatic carbocycles. The van der Waals surface area contributed by atoms with E-state index in [-0.39, 0.29) is 5.91 Å². The van der Waals surface area contributed by atoms with Gasteiger partial charge >= 0.3 is 0 Å². The van der Waals surface area contributed by atoms with Crippen LogP contribution >= 0.6 is 11.3 Å². The van der Waals surface area contributed by atoms with Crippen LogP contribution in [0, 0.1) is 20.8 Å². The molecule has 0 bridgehead atoms. The average molecular weight is 363 g/mol. The molecule has 1 amide bonds. The summed E-state index contributed by atoms with van der Waals surface area (Å²) in [5.41, 5.74) is 4.33. The maximum atomic E-state index is 12.6. The molecular weight excluding hydrogens is 346 g/mol. The number of nitrogens with zero attached hydrogens (tertiary/aromatic N) is 4. The Kier molecular flexibility index (Phi) is 4.00. The van der Waals surface area contributed by atoms with E-state index in [1.54, 1.807) is 4.52 Å². The van der Waals surface area contributed by atoms with E-state index in [0.717, 1.165) is 38.2 Å². The van der Waals surface area contributed by atoms with Gasteiger partial charge < -0.3 is 5.32 Å². The lowest BCUT2D eigenvalue weighted by atomic mass is 10.1. The van der Waals surface area contributed by atoms with Gasteiger partial charge in [0.15, 0.2) is 5.82 Å². The second-order valence-corrected chi connectivity index (χ2v) is 7.10. The first-order valence-corrected chi connectivity index (χ1v) is 9.01. The molecule has 0 aliphatic carbocycles. The van der Waals surface area contributed by atoms with E-state index in [0.29, 0.717) is 5.56 Å². The Labute approximate surface area is 154 Å². The van der Waals surface area contributed by atoms with Crippen molar-refractivity contribution in [3.63, 3.8) is 0 Å². The van der Waals surface area contributed by atoms with Gasteiger partial charge in [-0.2, -0.15) is 9.61 Å². The van der Waals surface area contributed by atoms with Crippen LogP contribution in [-0.4, -0.2) is 25.7 Å². The predicted octanol–water partition coefficient (Wildman–Crippen LogP) is 4.03. The van der Waals surface area contributed by atoms with Gasteiger partial charge in [0.05, 0.1) is 0 Å². The van der Waals surface area contributed by atoms with Crippen LogP contribution in [0.25, 0.3) is 15.5 Å². The molecule has 1 N–H and O–H groups in total. The topological polar surface area (TPSA) is 72.2 Å². The summed E-state index contributed by atoms with van der Waals surface area (Å²) in [6.07, 6.45) is 0. The highest BCUT2D eigenvalue weighted by molar-refractivity contribution is 7.19. The minimum atomic E-state index is -0.114. The molecule has 0 atom stereocenters. The summed E-state index contributed by atoms with van der Waals surface area (Å²) < 4.78 is 1.73. The third kappa shape index (κ3) is 2.86. The molecule has 4 aromatic rings. The molecule has 0 saturated heterocycles. The van der Waals surface area contributed by atoms with Crippen LogP contribution in [0.1, 0.15) is 27.3 Å². The molecule has 0 spiro atoms. The van der Waals surface area contributed by atoms with Crippen molar-refractivity contribution in [2.24, 2.45) is 0 Å². The third-order valence-corrected chi connectivity index (χ3v) is 5.22. The number of aromatic nitrogens is 4. The highest BCUT2D eigenvalue weighted by Crippen LogP contribution is 2.29. The first-order valence-electron chi connectivity index (χ1n) is 8.20. The Morgan fingerprint density at radius 3 is 2.62 bits per heavy atom. The van der Waals surface area contributed by atoms with E-state index in [1.807, 2.05) is 63.2 Å². The summed E-state index contributed by atoms with van der Waals surface area (Å²) >= 11 is 1.47. The number of amides is 1. The van der Waals surface area contributed by atoms with Crippen LogP contribution < -0.4 is 5.32 Å². The smallest absolute Gasteiger partial charge is 0.255 e. The van der Waals surface area contributed by atoms with E-state index in [1.165, 1.54) is 11.3 Å². The number of benzene rings is 2. The molecule has 0 fully saturated rings. The number of nitrogens with one attached hydrogen (secondary N) is 1. The van der Waals surface area contributed by atoms with Crippen LogP contribution in [0.4, 0.5) is 5.69 Å². The predicted molar refractivity (Wildman–Crippen MR) is 103 cm³/mol. The fourth-order valence-electron chi connectivity index (χ4n) is 2.74. The molecule has 0 aliphatic heterocycles. The molecule has 6 nitrogen and oxygen atoms in total. The zero-order valence-electron chi connectivity index (χ0n) is 14.6. The minimum absolute atomic E-state index is 0.114. The number of hydrogen-bond donors (Lipinski definition) is 1. The normalized spacial score (nSPS) is 11.0. The summed E-state index contributed by atoms with van der Waals surface area (Å²) in [5, 5.41) is 16.5. The number of aryl methyl sites for hydroxylation is 3. The molecule has 0 aliphatic rings. The second-order valence-electron chi connectivity index (χ2n) is 6.15. The lowest BCUT2D eigenvalue weighted by molar-refractivity contribution is 0.102. The van der Waals surface area contributed by atoms with Crippen molar-refractivity contribution in [3.8, 4) is 10.6 Å². The zero-order valence-corrected chi connectivity index (χ0v) is 15.5. The summed E-state index contributed by atoms with van der Waals surface area (Å²) in [5.74, 6) is 0.639. The van der Waals surface area contributed by atoms with E-state index < -0.39 is 0 Å². The highest BCUT2D eigenvalue weighted by atomic mass is 32.1. The van der Waals surface area contributed by atoms with Crippen molar-refractivity contribution in [1.29, 1.82) is 0 Å². The molecule has 0 unspecified atom stereocenters. The quantitative estimate of drug-likeness (QED) is 0.596. The molecule has 26 heavy (non-hydrogen) atoms. The lowest BCUT2D eigenvalue weighted by Gasteiger charge is -2.11. The Hall–Kier alpha value is -3.06. The van der Waals surface area contributed by atoms with Gasteiger partial charge in [0.1, 0.15) is 5.01 Å². The molecule has 2 heterocycles. The van der Waals surface area contributed by atoms with Gasteiger partial charge in [-0.1, -0.05) is 41.7 Å². The number of anilines is 1. The van der Waals surface area contributed by atoms with Gasteiger partial charge in [-0.15, -0.1) is 10.2 Å². The summed E-state index contributed by atoms with van der Waals surface area (Å²) in [7, 11) is 0. The molecule has 4 rings (SSSR count). The maximum Gasteiger partial charge on any atom is 0.255 e. The Balaban J connectivity index is 1.68. The van der Waals surface area contributed by atoms with E-state index >= 15 is 0 Å². The van der Waals surface area contributed by atoms with Crippen molar-refractivity contribution in [3.05, 3.63) is 65.0 Å². The summed E-state index contributed by atoms with van der Waals surface area (Å²) in [6, 6.07) is 13.5. The fourth-order valence-corrected chi connectivity index (χ4v) is 3.62. The number of rotatable bonds is 3. The summed E-state index contributed by atoms with van der Waals surface area (Å²) in [4.78, 5) is 13.4. The molecule has 7 heteroatoms. The van der Waals surface area contributed by atoms with Gasteiger partial charge in [0.2, 0.25) is 4.96 Å².